The normalized spacial score (nSPS) is 24.0. The highest BCUT2D eigenvalue weighted by Crippen LogP contribution is 2.19. The van der Waals surface area contributed by atoms with E-state index < -0.39 is 0 Å². The van der Waals surface area contributed by atoms with Crippen molar-refractivity contribution in [1.82, 2.24) is 9.80 Å². The molecule has 4 nitrogen and oxygen atoms in total. The Kier molecular flexibility index (Phi) is 6.34. The first kappa shape index (κ1) is 16.6. The fourth-order valence-corrected chi connectivity index (χ4v) is 3.53. The molecule has 2 fully saturated rings. The van der Waals surface area contributed by atoms with Crippen molar-refractivity contribution in [3.05, 3.63) is 0 Å². The van der Waals surface area contributed by atoms with E-state index in [4.69, 9.17) is 10.7 Å². The highest BCUT2D eigenvalue weighted by Gasteiger charge is 2.23. The second kappa shape index (κ2) is 8.02. The summed E-state index contributed by atoms with van der Waals surface area (Å²) < 4.78 is 0. The molecule has 1 atom stereocenters. The molecule has 2 heterocycles. The van der Waals surface area contributed by atoms with Crippen LogP contribution < -0.4 is 5.73 Å². The molecule has 2 saturated heterocycles. The topological polar surface area (TPSA) is 44.9 Å². The largest absolute Gasteiger partial charge is 0.370 e. The highest BCUT2D eigenvalue weighted by molar-refractivity contribution is 5.78. The first-order valence-corrected chi connectivity index (χ1v) is 8.85. The standard InChI is InChI=1S/C17H34N4/c1-14(2)12-16(20-8-4-5-9-20)13-19-17(18)21-10-6-15(3)7-11-21/h14-16H,4-13H2,1-3H3,(H2,18,19). The third-order valence-electron chi connectivity index (χ3n) is 4.97. The Morgan fingerprint density at radius 1 is 1.14 bits per heavy atom. The fourth-order valence-electron chi connectivity index (χ4n) is 3.53. The second-order valence-electron chi connectivity index (χ2n) is 7.39. The van der Waals surface area contributed by atoms with Crippen molar-refractivity contribution in [3.63, 3.8) is 0 Å². The van der Waals surface area contributed by atoms with Gasteiger partial charge in [0.2, 0.25) is 0 Å². The number of rotatable bonds is 5. The summed E-state index contributed by atoms with van der Waals surface area (Å²) in [5.41, 5.74) is 6.23. The molecule has 0 radical (unpaired) electrons. The summed E-state index contributed by atoms with van der Waals surface area (Å²) in [5.74, 6) is 2.34. The van der Waals surface area contributed by atoms with Crippen LogP contribution in [0.2, 0.25) is 0 Å². The van der Waals surface area contributed by atoms with Crippen LogP contribution in [0.15, 0.2) is 4.99 Å². The van der Waals surface area contributed by atoms with E-state index >= 15 is 0 Å². The molecule has 2 rings (SSSR count). The average molecular weight is 294 g/mol. The highest BCUT2D eigenvalue weighted by atomic mass is 15.3. The molecule has 2 N–H and O–H groups in total. The maximum absolute atomic E-state index is 6.23. The monoisotopic (exact) mass is 294 g/mol. The summed E-state index contributed by atoms with van der Waals surface area (Å²) >= 11 is 0. The molecule has 1 unspecified atom stereocenters. The van der Waals surface area contributed by atoms with Gasteiger partial charge in [-0.1, -0.05) is 20.8 Å². The minimum absolute atomic E-state index is 0.578. The van der Waals surface area contributed by atoms with Crippen molar-refractivity contribution in [2.75, 3.05) is 32.7 Å². The van der Waals surface area contributed by atoms with Gasteiger partial charge in [-0.3, -0.25) is 9.89 Å². The Morgan fingerprint density at radius 2 is 1.76 bits per heavy atom. The average Bonchev–Trinajstić information content (AvgIpc) is 2.97. The maximum atomic E-state index is 6.23. The zero-order valence-corrected chi connectivity index (χ0v) is 14.2. The third kappa shape index (κ3) is 5.17. The Morgan fingerprint density at radius 3 is 2.33 bits per heavy atom. The Labute approximate surface area is 130 Å². The minimum atomic E-state index is 0.578. The molecule has 0 aromatic heterocycles. The van der Waals surface area contributed by atoms with Gasteiger partial charge >= 0.3 is 0 Å². The van der Waals surface area contributed by atoms with Crippen LogP contribution in [0.3, 0.4) is 0 Å². The number of nitrogens with two attached hydrogens (primary N) is 1. The predicted molar refractivity (Wildman–Crippen MR) is 90.5 cm³/mol. The summed E-state index contributed by atoms with van der Waals surface area (Å²) in [4.78, 5) is 9.64. The van der Waals surface area contributed by atoms with Gasteiger partial charge in [0.1, 0.15) is 0 Å². The first-order valence-electron chi connectivity index (χ1n) is 8.85. The van der Waals surface area contributed by atoms with Gasteiger partial charge in [0, 0.05) is 19.1 Å². The van der Waals surface area contributed by atoms with Crippen LogP contribution in [0, 0.1) is 11.8 Å². The third-order valence-corrected chi connectivity index (χ3v) is 4.97. The first-order chi connectivity index (χ1) is 10.1. The van der Waals surface area contributed by atoms with Gasteiger partial charge in [0.05, 0.1) is 6.54 Å². The SMILES string of the molecule is CC(C)CC(CN=C(N)N1CCC(C)CC1)N1CCCC1. The van der Waals surface area contributed by atoms with E-state index in [0.29, 0.717) is 6.04 Å². The minimum Gasteiger partial charge on any atom is -0.370 e. The van der Waals surface area contributed by atoms with Crippen molar-refractivity contribution in [1.29, 1.82) is 0 Å². The van der Waals surface area contributed by atoms with Crippen LogP contribution in [0.25, 0.3) is 0 Å². The van der Waals surface area contributed by atoms with Crippen LogP contribution in [0.1, 0.15) is 52.9 Å². The lowest BCUT2D eigenvalue weighted by Crippen LogP contribution is -2.43. The quantitative estimate of drug-likeness (QED) is 0.626. The zero-order valence-electron chi connectivity index (χ0n) is 14.2. The van der Waals surface area contributed by atoms with E-state index in [9.17, 15) is 0 Å². The summed E-state index contributed by atoms with van der Waals surface area (Å²) in [6, 6.07) is 0.578. The molecule has 122 valence electrons. The van der Waals surface area contributed by atoms with Gasteiger partial charge in [0.15, 0.2) is 5.96 Å². The van der Waals surface area contributed by atoms with Crippen LogP contribution in [-0.2, 0) is 0 Å². The van der Waals surface area contributed by atoms with Crippen LogP contribution >= 0.6 is 0 Å². The molecule has 21 heavy (non-hydrogen) atoms. The number of aliphatic imine (C=N–C) groups is 1. The van der Waals surface area contributed by atoms with E-state index in [1.807, 2.05) is 0 Å². The molecule has 0 aromatic carbocycles. The molecule has 0 bridgehead atoms. The number of guanidine groups is 1. The van der Waals surface area contributed by atoms with Crippen molar-refractivity contribution in [2.24, 2.45) is 22.6 Å². The second-order valence-corrected chi connectivity index (χ2v) is 7.39. The fraction of sp³-hybridized carbons (Fsp3) is 0.941. The van der Waals surface area contributed by atoms with E-state index in [2.05, 4.69) is 30.6 Å². The van der Waals surface area contributed by atoms with Crippen molar-refractivity contribution >= 4 is 5.96 Å². The molecular weight excluding hydrogens is 260 g/mol. The van der Waals surface area contributed by atoms with Gasteiger partial charge in [-0.2, -0.15) is 0 Å². The van der Waals surface area contributed by atoms with Crippen LogP contribution in [0.4, 0.5) is 0 Å². The Bertz CT molecular complexity index is 326. The lowest BCUT2D eigenvalue weighted by molar-refractivity contribution is 0.217. The van der Waals surface area contributed by atoms with Gasteiger partial charge in [0.25, 0.3) is 0 Å². The molecular formula is C17H34N4. The maximum Gasteiger partial charge on any atom is 0.191 e. The number of nitrogens with zero attached hydrogens (tertiary/aromatic N) is 3. The van der Waals surface area contributed by atoms with Crippen LogP contribution in [0.5, 0.6) is 0 Å². The molecule has 0 spiro atoms. The van der Waals surface area contributed by atoms with Gasteiger partial charge in [-0.25, -0.2) is 0 Å². The van der Waals surface area contributed by atoms with Gasteiger partial charge < -0.3 is 10.6 Å². The van der Waals surface area contributed by atoms with Crippen molar-refractivity contribution in [3.8, 4) is 0 Å². The van der Waals surface area contributed by atoms with E-state index in [1.165, 1.54) is 45.2 Å². The van der Waals surface area contributed by atoms with Crippen molar-refractivity contribution in [2.45, 2.75) is 58.9 Å². The van der Waals surface area contributed by atoms with E-state index in [0.717, 1.165) is 37.4 Å². The lowest BCUT2D eigenvalue weighted by Gasteiger charge is -2.32. The van der Waals surface area contributed by atoms with E-state index in [-0.39, 0.29) is 0 Å². The molecule has 4 heteroatoms. The molecule has 2 aliphatic heterocycles. The molecule has 0 aromatic rings. The Balaban J connectivity index is 1.88. The number of piperidine rings is 1. The molecule has 0 aliphatic carbocycles. The van der Waals surface area contributed by atoms with Gasteiger partial charge in [-0.05, 0) is 57.0 Å². The molecule has 2 aliphatic rings. The number of hydrogen-bond acceptors (Lipinski definition) is 2. The summed E-state index contributed by atoms with van der Waals surface area (Å²) in [7, 11) is 0. The van der Waals surface area contributed by atoms with Crippen molar-refractivity contribution < 1.29 is 0 Å². The molecule has 0 amide bonds. The number of likely N-dealkylation sites (tertiary alicyclic amines) is 2. The summed E-state index contributed by atoms with van der Waals surface area (Å²) in [6.45, 7) is 12.5. The lowest BCUT2D eigenvalue weighted by atomic mass is 9.99. The smallest absolute Gasteiger partial charge is 0.191 e. The number of hydrogen-bond donors (Lipinski definition) is 1. The predicted octanol–water partition coefficient (Wildman–Crippen LogP) is 2.54. The van der Waals surface area contributed by atoms with Crippen LogP contribution in [-0.4, -0.2) is 54.5 Å². The zero-order chi connectivity index (χ0) is 15.2. The van der Waals surface area contributed by atoms with E-state index in [1.54, 1.807) is 0 Å². The Hall–Kier alpha value is -0.770. The van der Waals surface area contributed by atoms with Gasteiger partial charge in [-0.15, -0.1) is 0 Å². The molecule has 0 saturated carbocycles. The summed E-state index contributed by atoms with van der Waals surface area (Å²) in [5, 5.41) is 0. The summed E-state index contributed by atoms with van der Waals surface area (Å²) in [6.07, 6.45) is 6.42.